The molecule has 2 aromatic rings. The number of fused-ring (bicyclic) bond motifs is 5. The van der Waals surface area contributed by atoms with Gasteiger partial charge in [-0.15, -0.1) is 0 Å². The number of nitrogens with one attached hydrogen (secondary N) is 1. The summed E-state index contributed by atoms with van der Waals surface area (Å²) < 4.78 is 0. The van der Waals surface area contributed by atoms with Gasteiger partial charge in [-0.2, -0.15) is 5.10 Å². The molecule has 1 aromatic heterocycles. The fourth-order valence-corrected chi connectivity index (χ4v) is 4.66. The molecule has 0 radical (unpaired) electrons. The minimum Gasteiger partial charge on any atom is -0.411 e. The molecular weight excluding hydrogens is 274 g/mol. The van der Waals surface area contributed by atoms with Gasteiger partial charge in [0.1, 0.15) is 0 Å². The molecule has 1 heterocycles. The van der Waals surface area contributed by atoms with Crippen molar-refractivity contribution in [1.29, 1.82) is 0 Å². The highest BCUT2D eigenvalue weighted by Crippen LogP contribution is 2.57. The summed E-state index contributed by atoms with van der Waals surface area (Å²) in [5, 5.41) is 21.4. The van der Waals surface area contributed by atoms with Gasteiger partial charge < -0.3 is 5.21 Å². The van der Waals surface area contributed by atoms with Gasteiger partial charge in [-0.1, -0.05) is 24.6 Å². The van der Waals surface area contributed by atoms with Crippen molar-refractivity contribution in [2.75, 3.05) is 0 Å². The maximum atomic E-state index is 9.32. The smallest absolute Gasteiger partial charge is 0.0828 e. The zero-order valence-corrected chi connectivity index (χ0v) is 13.1. The Hall–Kier alpha value is -2.10. The first-order chi connectivity index (χ1) is 10.7. The van der Waals surface area contributed by atoms with Crippen molar-refractivity contribution in [3.05, 3.63) is 35.0 Å². The average molecular weight is 295 g/mol. The molecular formula is C18H21N3O. The van der Waals surface area contributed by atoms with Crippen molar-refractivity contribution in [2.45, 2.75) is 46.0 Å². The van der Waals surface area contributed by atoms with Crippen LogP contribution in [0.2, 0.25) is 0 Å². The Kier molecular flexibility index (Phi) is 2.90. The number of H-pyrrole nitrogens is 1. The van der Waals surface area contributed by atoms with E-state index < -0.39 is 0 Å². The van der Waals surface area contributed by atoms with Crippen LogP contribution in [-0.2, 0) is 6.42 Å². The Morgan fingerprint density at radius 1 is 1.41 bits per heavy atom. The van der Waals surface area contributed by atoms with Crippen LogP contribution in [0.5, 0.6) is 0 Å². The molecule has 2 aliphatic rings. The van der Waals surface area contributed by atoms with E-state index in [1.54, 1.807) is 0 Å². The highest BCUT2D eigenvalue weighted by atomic mass is 16.4. The lowest BCUT2D eigenvalue weighted by molar-refractivity contribution is 0.309. The first-order valence-corrected chi connectivity index (χ1v) is 8.08. The van der Waals surface area contributed by atoms with Gasteiger partial charge in [0.2, 0.25) is 0 Å². The standard InChI is InChI=1S/C18H21N3O/c1-3-7-18-8-6-15(21-22)11(2)17(18)12-4-5-16-14(10-19-20-16)13(12)9-18/h4-5,10,22H,3,6-9H2,1-2H3,(H,19,20). The monoisotopic (exact) mass is 295 g/mol. The number of benzene rings is 1. The third kappa shape index (κ3) is 1.64. The molecule has 22 heavy (non-hydrogen) atoms. The van der Waals surface area contributed by atoms with E-state index in [0.29, 0.717) is 0 Å². The van der Waals surface area contributed by atoms with Gasteiger partial charge in [-0.3, -0.25) is 5.10 Å². The van der Waals surface area contributed by atoms with Crippen molar-refractivity contribution in [3.63, 3.8) is 0 Å². The summed E-state index contributed by atoms with van der Waals surface area (Å²) >= 11 is 0. The van der Waals surface area contributed by atoms with Crippen LogP contribution in [0, 0.1) is 5.41 Å². The predicted octanol–water partition coefficient (Wildman–Crippen LogP) is 4.30. The van der Waals surface area contributed by atoms with E-state index in [2.05, 4.69) is 41.3 Å². The molecule has 4 rings (SSSR count). The zero-order valence-electron chi connectivity index (χ0n) is 13.1. The summed E-state index contributed by atoms with van der Waals surface area (Å²) in [7, 11) is 0. The molecule has 0 saturated carbocycles. The first-order valence-electron chi connectivity index (χ1n) is 8.08. The Morgan fingerprint density at radius 2 is 2.27 bits per heavy atom. The number of hydrogen-bond donors (Lipinski definition) is 2. The summed E-state index contributed by atoms with van der Waals surface area (Å²) in [6.07, 6.45) is 7.33. The van der Waals surface area contributed by atoms with E-state index in [4.69, 9.17) is 0 Å². The topological polar surface area (TPSA) is 61.3 Å². The van der Waals surface area contributed by atoms with Crippen LogP contribution in [0.15, 0.2) is 29.1 Å². The molecule has 1 aromatic carbocycles. The molecule has 114 valence electrons. The lowest BCUT2D eigenvalue weighted by atomic mass is 9.67. The van der Waals surface area contributed by atoms with Crippen LogP contribution >= 0.6 is 0 Å². The fraction of sp³-hybridized carbons (Fsp3) is 0.444. The molecule has 2 aliphatic carbocycles. The van der Waals surface area contributed by atoms with Crippen LogP contribution in [-0.4, -0.2) is 21.1 Å². The second-order valence-corrected chi connectivity index (χ2v) is 6.68. The van der Waals surface area contributed by atoms with Gasteiger partial charge in [-0.05, 0) is 60.9 Å². The Morgan fingerprint density at radius 3 is 3.05 bits per heavy atom. The van der Waals surface area contributed by atoms with E-state index >= 15 is 0 Å². The minimum atomic E-state index is 0.209. The van der Waals surface area contributed by atoms with E-state index in [-0.39, 0.29) is 5.41 Å². The summed E-state index contributed by atoms with van der Waals surface area (Å²) in [5.74, 6) is 0. The van der Waals surface area contributed by atoms with Gasteiger partial charge in [0.15, 0.2) is 0 Å². The highest BCUT2D eigenvalue weighted by Gasteiger charge is 2.45. The molecule has 0 spiro atoms. The number of aromatic nitrogens is 2. The maximum absolute atomic E-state index is 9.32. The maximum Gasteiger partial charge on any atom is 0.0828 e. The molecule has 0 fully saturated rings. The van der Waals surface area contributed by atoms with E-state index in [0.717, 1.165) is 30.5 Å². The summed E-state index contributed by atoms with van der Waals surface area (Å²) in [6.45, 7) is 4.37. The average Bonchev–Trinajstić information content (AvgIpc) is 3.09. The molecule has 0 saturated heterocycles. The zero-order chi connectivity index (χ0) is 15.3. The molecule has 2 N–H and O–H groups in total. The van der Waals surface area contributed by atoms with E-state index in [9.17, 15) is 5.21 Å². The lowest BCUT2D eigenvalue weighted by Crippen LogP contribution is -2.28. The quantitative estimate of drug-likeness (QED) is 0.641. The molecule has 1 atom stereocenters. The lowest BCUT2D eigenvalue weighted by Gasteiger charge is -2.36. The number of hydrogen-bond acceptors (Lipinski definition) is 3. The number of aromatic amines is 1. The van der Waals surface area contributed by atoms with Gasteiger partial charge in [0, 0.05) is 10.8 Å². The van der Waals surface area contributed by atoms with Crippen molar-refractivity contribution in [1.82, 2.24) is 10.2 Å². The van der Waals surface area contributed by atoms with Crippen molar-refractivity contribution < 1.29 is 5.21 Å². The summed E-state index contributed by atoms with van der Waals surface area (Å²) in [4.78, 5) is 0. The molecule has 0 bridgehead atoms. The SMILES string of the molecule is CCCC12CCC(=NO)C(C)=C1c1ccc3[nH]ncc3c1C2. The third-order valence-electron chi connectivity index (χ3n) is 5.55. The summed E-state index contributed by atoms with van der Waals surface area (Å²) in [6, 6.07) is 4.33. The largest absolute Gasteiger partial charge is 0.411 e. The van der Waals surface area contributed by atoms with Crippen molar-refractivity contribution in [3.8, 4) is 0 Å². The van der Waals surface area contributed by atoms with Crippen LogP contribution in [0.25, 0.3) is 16.5 Å². The Balaban J connectivity index is 2.02. The normalized spacial score (nSPS) is 25.8. The number of nitrogens with zero attached hydrogens (tertiary/aromatic N) is 2. The molecule has 0 amide bonds. The predicted molar refractivity (Wildman–Crippen MR) is 88.2 cm³/mol. The molecule has 0 aliphatic heterocycles. The van der Waals surface area contributed by atoms with Gasteiger partial charge in [0.25, 0.3) is 0 Å². The number of rotatable bonds is 2. The Bertz CT molecular complexity index is 815. The van der Waals surface area contributed by atoms with Crippen LogP contribution in [0.4, 0.5) is 0 Å². The van der Waals surface area contributed by atoms with Crippen LogP contribution in [0.3, 0.4) is 0 Å². The molecule has 4 heteroatoms. The second-order valence-electron chi connectivity index (χ2n) is 6.68. The van der Waals surface area contributed by atoms with Crippen molar-refractivity contribution in [2.24, 2.45) is 10.6 Å². The molecule has 4 nitrogen and oxygen atoms in total. The Labute approximate surface area is 129 Å². The second kappa shape index (κ2) is 4.70. The summed E-state index contributed by atoms with van der Waals surface area (Å²) in [5.41, 5.74) is 7.49. The van der Waals surface area contributed by atoms with Crippen molar-refractivity contribution >= 4 is 22.2 Å². The van der Waals surface area contributed by atoms with Crippen LogP contribution < -0.4 is 0 Å². The van der Waals surface area contributed by atoms with Gasteiger partial charge >= 0.3 is 0 Å². The number of allylic oxidation sites excluding steroid dienone is 2. The highest BCUT2D eigenvalue weighted by molar-refractivity contribution is 6.10. The van der Waals surface area contributed by atoms with E-state index in [1.165, 1.54) is 40.5 Å². The van der Waals surface area contributed by atoms with Gasteiger partial charge in [-0.25, -0.2) is 0 Å². The third-order valence-corrected chi connectivity index (χ3v) is 5.55. The number of oxime groups is 1. The fourth-order valence-electron chi connectivity index (χ4n) is 4.66. The van der Waals surface area contributed by atoms with E-state index in [1.807, 2.05) is 6.20 Å². The van der Waals surface area contributed by atoms with Gasteiger partial charge in [0.05, 0.1) is 17.4 Å². The van der Waals surface area contributed by atoms with Crippen LogP contribution in [0.1, 0.15) is 50.7 Å². The minimum absolute atomic E-state index is 0.209. The molecule has 1 unspecified atom stereocenters. The first kappa shape index (κ1) is 13.6.